The molecule has 0 aromatic heterocycles. The quantitative estimate of drug-likeness (QED) is 0.137. The Morgan fingerprint density at radius 2 is 1.82 bits per heavy atom. The number of nitrogens with two attached hydrogens (primary N) is 1. The van der Waals surface area contributed by atoms with Crippen LogP contribution in [0.5, 0.6) is 0 Å². The molecule has 0 aromatic carbocycles. The van der Waals surface area contributed by atoms with Gasteiger partial charge in [-0.1, -0.05) is 0 Å². The zero-order valence-corrected chi connectivity index (χ0v) is 9.34. The maximum absolute atomic E-state index is 10.3. The van der Waals surface area contributed by atoms with Gasteiger partial charge in [0.1, 0.15) is 24.9 Å². The van der Waals surface area contributed by atoms with Gasteiger partial charge in [0.15, 0.2) is 12.0 Å². The van der Waals surface area contributed by atoms with E-state index in [4.69, 9.17) is 25.7 Å². The Bertz CT molecular complexity index is 302. The van der Waals surface area contributed by atoms with E-state index in [1.807, 2.05) is 0 Å². The zero-order valence-electron chi connectivity index (χ0n) is 8.45. The predicted octanol–water partition coefficient (Wildman–Crippen LogP) is -3.98. The first-order chi connectivity index (χ1) is 7.51. The molecule has 0 aliphatic carbocycles. The van der Waals surface area contributed by atoms with Gasteiger partial charge < -0.3 is 35.0 Å². The van der Waals surface area contributed by atoms with Crippen molar-refractivity contribution in [2.45, 2.75) is 24.0 Å². The average molecular weight is 275 g/mol. The lowest BCUT2D eigenvalue weighted by atomic mass is 9.99. The minimum Gasteiger partial charge on any atom is -0.387 e. The van der Waals surface area contributed by atoms with Gasteiger partial charge in [-0.05, 0) is 0 Å². The molecule has 0 aromatic rings. The molecule has 0 bridgehead atoms. The second kappa shape index (κ2) is 5.96. The molecule has 0 heterocycles. The highest BCUT2D eigenvalue weighted by atomic mass is 31.2. The molecule has 0 saturated heterocycles. The van der Waals surface area contributed by atoms with E-state index in [0.717, 1.165) is 0 Å². The van der Waals surface area contributed by atoms with Crippen molar-refractivity contribution in [3.8, 4) is 0 Å². The van der Waals surface area contributed by atoms with E-state index in [-0.39, 0.29) is 6.29 Å². The first kappa shape index (κ1) is 16.6. The van der Waals surface area contributed by atoms with E-state index >= 15 is 0 Å². The Morgan fingerprint density at radius 1 is 1.35 bits per heavy atom. The number of phosphoric acid groups is 1. The van der Waals surface area contributed by atoms with Crippen molar-refractivity contribution >= 4 is 14.1 Å². The SMILES string of the molecule is N[C@@](O)(COP(=O)(O)O)[C@@H](O)[C@@H](O)[C@@H](O)C=O. The molecule has 8 N–H and O–H groups in total. The van der Waals surface area contributed by atoms with Crippen molar-refractivity contribution in [3.05, 3.63) is 0 Å². The van der Waals surface area contributed by atoms with Crippen LogP contribution in [0.25, 0.3) is 0 Å². The fraction of sp³-hybridized carbons (Fsp3) is 0.833. The molecule has 11 heteroatoms. The lowest BCUT2D eigenvalue weighted by molar-refractivity contribution is -0.165. The topological polar surface area (TPSA) is 191 Å². The third-order valence-corrected chi connectivity index (χ3v) is 2.25. The Kier molecular flexibility index (Phi) is 5.81. The molecule has 17 heavy (non-hydrogen) atoms. The average Bonchev–Trinajstić information content (AvgIpc) is 2.22. The monoisotopic (exact) mass is 275 g/mol. The van der Waals surface area contributed by atoms with Crippen molar-refractivity contribution in [1.29, 1.82) is 0 Å². The van der Waals surface area contributed by atoms with Crippen molar-refractivity contribution in [2.24, 2.45) is 5.73 Å². The van der Waals surface area contributed by atoms with Crippen LogP contribution < -0.4 is 5.73 Å². The molecule has 0 saturated carbocycles. The van der Waals surface area contributed by atoms with Crippen LogP contribution in [-0.2, 0) is 13.9 Å². The van der Waals surface area contributed by atoms with E-state index in [1.54, 1.807) is 0 Å². The fourth-order valence-corrected chi connectivity index (χ4v) is 1.21. The van der Waals surface area contributed by atoms with Gasteiger partial charge in [-0.2, -0.15) is 0 Å². The molecule has 0 amide bonds. The van der Waals surface area contributed by atoms with Gasteiger partial charge in [0.2, 0.25) is 0 Å². The van der Waals surface area contributed by atoms with Gasteiger partial charge >= 0.3 is 7.82 Å². The molecule has 0 spiro atoms. The minimum atomic E-state index is -4.93. The van der Waals surface area contributed by atoms with E-state index in [9.17, 15) is 19.6 Å². The molecule has 0 unspecified atom stereocenters. The van der Waals surface area contributed by atoms with Crippen molar-refractivity contribution in [3.63, 3.8) is 0 Å². The molecule has 102 valence electrons. The molecular weight excluding hydrogens is 261 g/mol. The second-order valence-electron chi connectivity index (χ2n) is 3.32. The largest absolute Gasteiger partial charge is 0.469 e. The Hall–Kier alpha value is -0.420. The van der Waals surface area contributed by atoms with Gasteiger partial charge in [0.25, 0.3) is 0 Å². The summed E-state index contributed by atoms with van der Waals surface area (Å²) in [6.07, 6.45) is -6.53. The van der Waals surface area contributed by atoms with Crippen molar-refractivity contribution in [2.75, 3.05) is 6.61 Å². The van der Waals surface area contributed by atoms with Crippen molar-refractivity contribution in [1.82, 2.24) is 0 Å². The highest BCUT2D eigenvalue weighted by Gasteiger charge is 2.41. The summed E-state index contributed by atoms with van der Waals surface area (Å²) in [5.74, 6) is 0. The Labute approximate surface area is 95.5 Å². The number of hydrogen-bond donors (Lipinski definition) is 7. The molecule has 0 aliphatic rings. The van der Waals surface area contributed by atoms with Gasteiger partial charge in [0, 0.05) is 0 Å². The van der Waals surface area contributed by atoms with Crippen molar-refractivity contribution < 1.29 is 44.1 Å². The summed E-state index contributed by atoms with van der Waals surface area (Å²) >= 11 is 0. The number of rotatable bonds is 7. The first-order valence-electron chi connectivity index (χ1n) is 4.22. The molecule has 10 nitrogen and oxygen atoms in total. The molecular formula is C6H14NO9P. The number of hydrogen-bond acceptors (Lipinski definition) is 8. The summed E-state index contributed by atoms with van der Waals surface area (Å²) < 4.78 is 14.1. The van der Waals surface area contributed by atoms with Gasteiger partial charge in [-0.3, -0.25) is 10.3 Å². The summed E-state index contributed by atoms with van der Waals surface area (Å²) in [4.78, 5) is 26.8. The molecule has 0 fully saturated rings. The number of carbonyl (C=O) groups is 1. The number of carbonyl (C=O) groups excluding carboxylic acids is 1. The van der Waals surface area contributed by atoms with Gasteiger partial charge in [0.05, 0.1) is 0 Å². The molecule has 0 aliphatic heterocycles. The highest BCUT2D eigenvalue weighted by molar-refractivity contribution is 7.46. The molecule has 0 rings (SSSR count). The van der Waals surface area contributed by atoms with Crippen LogP contribution >= 0.6 is 7.82 Å². The number of phosphoric ester groups is 1. The summed E-state index contributed by atoms with van der Waals surface area (Å²) in [7, 11) is -4.93. The van der Waals surface area contributed by atoms with E-state index in [2.05, 4.69) is 4.52 Å². The van der Waals surface area contributed by atoms with Crippen LogP contribution in [0, 0.1) is 0 Å². The fourth-order valence-electron chi connectivity index (χ4n) is 0.836. The van der Waals surface area contributed by atoms with E-state index < -0.39 is 38.5 Å². The Balaban J connectivity index is 4.58. The highest BCUT2D eigenvalue weighted by Crippen LogP contribution is 2.36. The smallest absolute Gasteiger partial charge is 0.387 e. The number of aliphatic hydroxyl groups is 4. The predicted molar refractivity (Wildman–Crippen MR) is 51.2 cm³/mol. The molecule has 0 radical (unpaired) electrons. The maximum atomic E-state index is 10.3. The molecule has 4 atom stereocenters. The van der Waals surface area contributed by atoms with E-state index in [1.165, 1.54) is 0 Å². The summed E-state index contributed by atoms with van der Waals surface area (Å²) in [6.45, 7) is -1.22. The van der Waals surface area contributed by atoms with Crippen LogP contribution in [0.4, 0.5) is 0 Å². The first-order valence-corrected chi connectivity index (χ1v) is 5.75. The van der Waals surface area contributed by atoms with Crippen LogP contribution in [0.2, 0.25) is 0 Å². The number of aliphatic hydroxyl groups excluding tert-OH is 3. The van der Waals surface area contributed by atoms with Gasteiger partial charge in [-0.25, -0.2) is 4.57 Å². The third kappa shape index (κ3) is 5.64. The summed E-state index contributed by atoms with van der Waals surface area (Å²) in [5, 5.41) is 36.6. The van der Waals surface area contributed by atoms with Crippen LogP contribution in [-0.4, -0.2) is 67.1 Å². The third-order valence-electron chi connectivity index (χ3n) is 1.79. The standard InChI is InChI=1S/C6H14NO9P/c7-6(12,2-16-17(13,14)15)5(11)4(10)3(9)1-8/h1,3-5,9-12H,2,7H2,(H2,13,14,15)/t3-,4-,5-,6+/m0/s1. The Morgan fingerprint density at radius 3 is 2.18 bits per heavy atom. The summed E-state index contributed by atoms with van der Waals surface area (Å²) in [5.41, 5.74) is 2.25. The minimum absolute atomic E-state index is 0.117. The van der Waals surface area contributed by atoms with Crippen LogP contribution in [0.3, 0.4) is 0 Å². The second-order valence-corrected chi connectivity index (χ2v) is 4.56. The van der Waals surface area contributed by atoms with Crippen LogP contribution in [0.15, 0.2) is 0 Å². The lowest BCUT2D eigenvalue weighted by Crippen LogP contribution is -2.61. The normalized spacial score (nSPS) is 21.4. The number of aldehydes is 1. The van der Waals surface area contributed by atoms with Crippen LogP contribution in [0.1, 0.15) is 0 Å². The van der Waals surface area contributed by atoms with E-state index in [0.29, 0.717) is 0 Å². The lowest BCUT2D eigenvalue weighted by Gasteiger charge is -2.32. The summed E-state index contributed by atoms with van der Waals surface area (Å²) in [6, 6.07) is 0. The van der Waals surface area contributed by atoms with Gasteiger partial charge in [-0.15, -0.1) is 0 Å². The maximum Gasteiger partial charge on any atom is 0.469 e. The zero-order chi connectivity index (χ0) is 13.9.